The van der Waals surface area contributed by atoms with Crippen LogP contribution in [0.4, 0.5) is 4.39 Å². The number of carbonyl (C=O) groups is 1. The number of halogens is 2. The number of nitrogens with one attached hydrogen (secondary N) is 1. The van der Waals surface area contributed by atoms with Gasteiger partial charge in [-0.1, -0.05) is 35.9 Å². The minimum atomic E-state index is -0.253. The van der Waals surface area contributed by atoms with Gasteiger partial charge in [0.25, 0.3) is 0 Å². The van der Waals surface area contributed by atoms with Crippen LogP contribution in [-0.2, 0) is 10.5 Å². The molecule has 0 aromatic heterocycles. The van der Waals surface area contributed by atoms with E-state index in [9.17, 15) is 9.18 Å². The van der Waals surface area contributed by atoms with Crippen molar-refractivity contribution in [3.63, 3.8) is 0 Å². The van der Waals surface area contributed by atoms with E-state index in [-0.39, 0.29) is 17.8 Å². The van der Waals surface area contributed by atoms with Crippen LogP contribution in [-0.4, -0.2) is 11.7 Å². The Morgan fingerprint density at radius 2 is 2.05 bits per heavy atom. The molecule has 0 aliphatic carbocycles. The molecule has 0 unspecified atom stereocenters. The first-order valence-corrected chi connectivity index (χ1v) is 8.45. The summed E-state index contributed by atoms with van der Waals surface area (Å²) in [5.41, 5.74) is 1.84. The molecule has 1 amide bonds. The molecule has 0 saturated heterocycles. The fraction of sp³-hybridized carbons (Fsp3) is 0.235. The fourth-order valence-electron chi connectivity index (χ4n) is 2.03. The highest BCUT2D eigenvalue weighted by Crippen LogP contribution is 2.18. The van der Waals surface area contributed by atoms with Gasteiger partial charge < -0.3 is 5.32 Å². The summed E-state index contributed by atoms with van der Waals surface area (Å²) in [6.07, 6.45) is 0. The van der Waals surface area contributed by atoms with E-state index in [1.807, 2.05) is 31.2 Å². The molecular formula is C17H17ClFNOS. The highest BCUT2D eigenvalue weighted by atomic mass is 35.5. The van der Waals surface area contributed by atoms with E-state index in [4.69, 9.17) is 11.6 Å². The molecule has 116 valence electrons. The van der Waals surface area contributed by atoms with Gasteiger partial charge in [0.2, 0.25) is 5.91 Å². The lowest BCUT2D eigenvalue weighted by atomic mass is 10.1. The highest BCUT2D eigenvalue weighted by molar-refractivity contribution is 7.99. The lowest BCUT2D eigenvalue weighted by Gasteiger charge is -2.14. The van der Waals surface area contributed by atoms with Crippen LogP contribution in [0.15, 0.2) is 48.5 Å². The largest absolute Gasteiger partial charge is 0.349 e. The first-order valence-electron chi connectivity index (χ1n) is 6.91. The smallest absolute Gasteiger partial charge is 0.230 e. The van der Waals surface area contributed by atoms with Crippen LogP contribution in [0, 0.1) is 5.82 Å². The van der Waals surface area contributed by atoms with Crippen molar-refractivity contribution in [2.45, 2.75) is 18.7 Å². The van der Waals surface area contributed by atoms with Crippen LogP contribution in [0.1, 0.15) is 24.1 Å². The second-order valence-electron chi connectivity index (χ2n) is 4.97. The highest BCUT2D eigenvalue weighted by Gasteiger charge is 2.10. The second-order valence-corrected chi connectivity index (χ2v) is 6.39. The number of hydrogen-bond acceptors (Lipinski definition) is 2. The van der Waals surface area contributed by atoms with Gasteiger partial charge in [-0.3, -0.25) is 4.79 Å². The standard InChI is InChI=1S/C17H17ClFNOS/c1-12(14-5-3-6-15(18)9-14)20-17(21)11-22-10-13-4-2-7-16(19)8-13/h2-9,12H,10-11H2,1H3,(H,20,21)/t12-/m0/s1. The van der Waals surface area contributed by atoms with Crippen molar-refractivity contribution >= 4 is 29.3 Å². The molecule has 2 nitrogen and oxygen atoms in total. The Morgan fingerprint density at radius 3 is 2.77 bits per heavy atom. The van der Waals surface area contributed by atoms with Gasteiger partial charge in [0.15, 0.2) is 0 Å². The maximum Gasteiger partial charge on any atom is 0.230 e. The summed E-state index contributed by atoms with van der Waals surface area (Å²) < 4.78 is 13.0. The van der Waals surface area contributed by atoms with Crippen molar-refractivity contribution in [2.75, 3.05) is 5.75 Å². The molecule has 0 bridgehead atoms. The molecular weight excluding hydrogens is 321 g/mol. The molecule has 0 aliphatic rings. The molecule has 0 radical (unpaired) electrons. The first-order chi connectivity index (χ1) is 10.5. The predicted octanol–water partition coefficient (Wildman–Crippen LogP) is 4.59. The van der Waals surface area contributed by atoms with Gasteiger partial charge in [-0.05, 0) is 42.3 Å². The molecule has 1 N–H and O–H groups in total. The maximum absolute atomic E-state index is 13.0. The molecule has 22 heavy (non-hydrogen) atoms. The lowest BCUT2D eigenvalue weighted by Crippen LogP contribution is -2.28. The van der Waals surface area contributed by atoms with Crippen molar-refractivity contribution in [3.8, 4) is 0 Å². The van der Waals surface area contributed by atoms with Crippen LogP contribution >= 0.6 is 23.4 Å². The Hall–Kier alpha value is -1.52. The SMILES string of the molecule is C[C@H](NC(=O)CSCc1cccc(F)c1)c1cccc(Cl)c1. The van der Waals surface area contributed by atoms with Crippen LogP contribution in [0.2, 0.25) is 5.02 Å². The molecule has 5 heteroatoms. The van der Waals surface area contributed by atoms with Gasteiger partial charge in [-0.2, -0.15) is 0 Å². The zero-order valence-electron chi connectivity index (χ0n) is 12.2. The minimum absolute atomic E-state index is 0.0473. The normalized spacial score (nSPS) is 12.0. The zero-order valence-corrected chi connectivity index (χ0v) is 13.8. The molecule has 1 atom stereocenters. The molecule has 0 heterocycles. The Labute approximate surface area is 139 Å². The topological polar surface area (TPSA) is 29.1 Å². The van der Waals surface area contributed by atoms with Crippen molar-refractivity contribution in [1.29, 1.82) is 0 Å². The maximum atomic E-state index is 13.0. The van der Waals surface area contributed by atoms with E-state index >= 15 is 0 Å². The average molecular weight is 338 g/mol. The first kappa shape index (κ1) is 16.8. The van der Waals surface area contributed by atoms with Crippen LogP contribution in [0.25, 0.3) is 0 Å². The van der Waals surface area contributed by atoms with E-state index in [1.54, 1.807) is 12.1 Å². The number of amides is 1. The fourth-order valence-corrected chi connectivity index (χ4v) is 3.02. The number of thioether (sulfide) groups is 1. The molecule has 2 aromatic carbocycles. The monoisotopic (exact) mass is 337 g/mol. The number of benzene rings is 2. The quantitative estimate of drug-likeness (QED) is 0.835. The van der Waals surface area contributed by atoms with E-state index in [0.717, 1.165) is 11.1 Å². The van der Waals surface area contributed by atoms with Crippen LogP contribution < -0.4 is 5.32 Å². The summed E-state index contributed by atoms with van der Waals surface area (Å²) >= 11 is 7.40. The summed E-state index contributed by atoms with van der Waals surface area (Å²) in [5, 5.41) is 3.58. The zero-order chi connectivity index (χ0) is 15.9. The molecule has 0 spiro atoms. The van der Waals surface area contributed by atoms with Crippen molar-refractivity contribution < 1.29 is 9.18 Å². The van der Waals surface area contributed by atoms with Crippen molar-refractivity contribution in [2.24, 2.45) is 0 Å². The predicted molar refractivity (Wildman–Crippen MR) is 90.6 cm³/mol. The van der Waals surface area contributed by atoms with Gasteiger partial charge in [0.1, 0.15) is 5.82 Å². The number of rotatable bonds is 6. The van der Waals surface area contributed by atoms with Crippen LogP contribution in [0.3, 0.4) is 0 Å². The minimum Gasteiger partial charge on any atom is -0.349 e. The molecule has 0 saturated carbocycles. The average Bonchev–Trinajstić information content (AvgIpc) is 2.47. The number of hydrogen-bond donors (Lipinski definition) is 1. The van der Waals surface area contributed by atoms with E-state index in [1.165, 1.54) is 23.9 Å². The van der Waals surface area contributed by atoms with Gasteiger partial charge in [-0.15, -0.1) is 11.8 Å². The lowest BCUT2D eigenvalue weighted by molar-refractivity contribution is -0.119. The Morgan fingerprint density at radius 1 is 1.27 bits per heavy atom. The third kappa shape index (κ3) is 5.35. The van der Waals surface area contributed by atoms with Gasteiger partial charge in [0, 0.05) is 10.8 Å². The van der Waals surface area contributed by atoms with Gasteiger partial charge in [-0.25, -0.2) is 4.39 Å². The summed E-state index contributed by atoms with van der Waals surface area (Å²) in [4.78, 5) is 11.9. The van der Waals surface area contributed by atoms with Crippen LogP contribution in [0.5, 0.6) is 0 Å². The van der Waals surface area contributed by atoms with Crippen molar-refractivity contribution in [3.05, 3.63) is 70.5 Å². The van der Waals surface area contributed by atoms with E-state index in [0.29, 0.717) is 16.5 Å². The third-order valence-electron chi connectivity index (χ3n) is 3.12. The van der Waals surface area contributed by atoms with Crippen molar-refractivity contribution in [1.82, 2.24) is 5.32 Å². The van der Waals surface area contributed by atoms with Gasteiger partial charge in [0.05, 0.1) is 11.8 Å². The summed E-state index contributed by atoms with van der Waals surface area (Å²) in [6, 6.07) is 13.7. The Bertz CT molecular complexity index is 650. The van der Waals surface area contributed by atoms with Gasteiger partial charge >= 0.3 is 0 Å². The summed E-state index contributed by atoms with van der Waals surface area (Å²) in [7, 11) is 0. The second kappa shape index (κ2) is 8.20. The Kier molecular flexibility index (Phi) is 6.28. The summed E-state index contributed by atoms with van der Waals surface area (Å²) in [5.74, 6) is 0.643. The van der Waals surface area contributed by atoms with E-state index < -0.39 is 0 Å². The number of carbonyl (C=O) groups excluding carboxylic acids is 1. The third-order valence-corrected chi connectivity index (χ3v) is 4.36. The molecule has 0 aliphatic heterocycles. The Balaban J connectivity index is 1.78. The molecule has 0 fully saturated rings. The van der Waals surface area contributed by atoms with E-state index in [2.05, 4.69) is 5.32 Å². The summed E-state index contributed by atoms with van der Waals surface area (Å²) in [6.45, 7) is 1.92. The molecule has 2 rings (SSSR count). The molecule has 2 aromatic rings.